The molecular formula is C12H11NS3. The topological polar surface area (TPSA) is 26.0 Å². The number of rotatable bonds is 1. The number of anilines is 1. The van der Waals surface area contributed by atoms with Gasteiger partial charge in [-0.25, -0.2) is 0 Å². The van der Waals surface area contributed by atoms with Crippen molar-refractivity contribution in [2.45, 2.75) is 14.7 Å². The van der Waals surface area contributed by atoms with Crippen LogP contribution in [0.1, 0.15) is 0 Å². The summed E-state index contributed by atoms with van der Waals surface area (Å²) >= 11 is 12.9. The smallest absolute Gasteiger partial charge is 0.0450 e. The molecule has 2 rings (SSSR count). The van der Waals surface area contributed by atoms with E-state index in [0.717, 1.165) is 25.8 Å². The van der Waals surface area contributed by atoms with Gasteiger partial charge in [-0.3, -0.25) is 0 Å². The fraction of sp³-hybridized carbons (Fsp3) is 0. The minimum atomic E-state index is 0.684. The Hall–Kier alpha value is -0.710. The van der Waals surface area contributed by atoms with Crippen LogP contribution in [0.5, 0.6) is 0 Å². The predicted molar refractivity (Wildman–Crippen MR) is 78.0 cm³/mol. The summed E-state index contributed by atoms with van der Waals surface area (Å²) in [5, 5.41) is 0. The van der Waals surface area contributed by atoms with Crippen LogP contribution >= 0.6 is 37.9 Å². The minimum absolute atomic E-state index is 0.684. The standard InChI is InChI=1S/C12H11NS3/c13-9-3-1-7(5-11(9)15)8-2-4-10(14)12(16)6-8/h1-6,14-16H,13H2. The number of nitrogen functional groups attached to an aromatic ring is 1. The molecule has 0 saturated carbocycles. The summed E-state index contributed by atoms with van der Waals surface area (Å²) in [6.45, 7) is 0. The van der Waals surface area contributed by atoms with Crippen molar-refractivity contribution < 1.29 is 0 Å². The first kappa shape index (κ1) is 11.8. The molecule has 0 aliphatic heterocycles. The number of benzene rings is 2. The Labute approximate surface area is 111 Å². The molecule has 0 spiro atoms. The second-order valence-corrected chi connectivity index (χ2v) is 4.92. The van der Waals surface area contributed by atoms with E-state index in [0.29, 0.717) is 5.69 Å². The highest BCUT2D eigenvalue weighted by Gasteiger charge is 2.02. The highest BCUT2D eigenvalue weighted by atomic mass is 32.1. The molecule has 0 amide bonds. The van der Waals surface area contributed by atoms with Gasteiger partial charge in [0.1, 0.15) is 0 Å². The van der Waals surface area contributed by atoms with Gasteiger partial charge in [0.25, 0.3) is 0 Å². The summed E-state index contributed by atoms with van der Waals surface area (Å²) in [5.41, 5.74) is 8.55. The fourth-order valence-electron chi connectivity index (χ4n) is 1.43. The minimum Gasteiger partial charge on any atom is -0.398 e. The molecule has 1 nitrogen and oxygen atoms in total. The number of thiol groups is 3. The summed E-state index contributed by atoms with van der Waals surface area (Å²) in [6, 6.07) is 11.7. The summed E-state index contributed by atoms with van der Waals surface area (Å²) in [6.07, 6.45) is 0. The first-order valence-electron chi connectivity index (χ1n) is 4.69. The zero-order valence-corrected chi connectivity index (χ0v) is 11.1. The molecule has 0 saturated heterocycles. The van der Waals surface area contributed by atoms with Crippen LogP contribution in [0.2, 0.25) is 0 Å². The van der Waals surface area contributed by atoms with Crippen molar-refractivity contribution in [3.63, 3.8) is 0 Å². The molecule has 16 heavy (non-hydrogen) atoms. The van der Waals surface area contributed by atoms with Gasteiger partial charge in [-0.1, -0.05) is 12.1 Å². The van der Waals surface area contributed by atoms with Gasteiger partial charge in [0, 0.05) is 20.4 Å². The molecular weight excluding hydrogens is 254 g/mol. The van der Waals surface area contributed by atoms with Gasteiger partial charge in [0.15, 0.2) is 0 Å². The van der Waals surface area contributed by atoms with E-state index in [4.69, 9.17) is 5.73 Å². The Balaban J connectivity index is 2.50. The molecule has 82 valence electrons. The van der Waals surface area contributed by atoms with Gasteiger partial charge in [0.05, 0.1) is 0 Å². The molecule has 0 bridgehead atoms. The average Bonchev–Trinajstić information content (AvgIpc) is 2.26. The van der Waals surface area contributed by atoms with Crippen LogP contribution in [0.4, 0.5) is 5.69 Å². The quantitative estimate of drug-likeness (QED) is 0.458. The lowest BCUT2D eigenvalue weighted by Crippen LogP contribution is -1.87. The number of hydrogen-bond donors (Lipinski definition) is 4. The van der Waals surface area contributed by atoms with Crippen LogP contribution in [0, 0.1) is 0 Å². The van der Waals surface area contributed by atoms with Crippen LogP contribution in [0.25, 0.3) is 11.1 Å². The molecule has 2 aromatic carbocycles. The normalized spacial score (nSPS) is 10.4. The van der Waals surface area contributed by atoms with Crippen LogP contribution in [0.15, 0.2) is 51.1 Å². The molecule has 0 heterocycles. The van der Waals surface area contributed by atoms with Gasteiger partial charge in [0.2, 0.25) is 0 Å². The second-order valence-electron chi connectivity index (χ2n) is 3.48. The van der Waals surface area contributed by atoms with E-state index in [1.54, 1.807) is 0 Å². The molecule has 0 aromatic heterocycles. The van der Waals surface area contributed by atoms with Crippen molar-refractivity contribution in [3.05, 3.63) is 36.4 Å². The second kappa shape index (κ2) is 4.65. The first-order valence-corrected chi connectivity index (χ1v) is 6.03. The van der Waals surface area contributed by atoms with Crippen molar-refractivity contribution in [2.24, 2.45) is 0 Å². The number of hydrogen-bond acceptors (Lipinski definition) is 4. The summed E-state index contributed by atoms with van der Waals surface area (Å²) < 4.78 is 0. The van der Waals surface area contributed by atoms with E-state index in [1.165, 1.54) is 0 Å². The van der Waals surface area contributed by atoms with Gasteiger partial charge < -0.3 is 5.73 Å². The van der Waals surface area contributed by atoms with Crippen molar-refractivity contribution in [3.8, 4) is 11.1 Å². The van der Waals surface area contributed by atoms with Gasteiger partial charge in [-0.2, -0.15) is 0 Å². The van der Waals surface area contributed by atoms with Crippen LogP contribution in [0.3, 0.4) is 0 Å². The average molecular weight is 265 g/mol. The molecule has 0 unspecified atom stereocenters. The molecule has 2 N–H and O–H groups in total. The van der Waals surface area contributed by atoms with Gasteiger partial charge in [-0.15, -0.1) is 37.9 Å². The third-order valence-electron chi connectivity index (χ3n) is 2.34. The third kappa shape index (κ3) is 2.34. The van der Waals surface area contributed by atoms with E-state index in [-0.39, 0.29) is 0 Å². The summed E-state index contributed by atoms with van der Waals surface area (Å²) in [4.78, 5) is 2.51. The monoisotopic (exact) mass is 265 g/mol. The highest BCUT2D eigenvalue weighted by molar-refractivity contribution is 7.83. The maximum atomic E-state index is 5.72. The predicted octanol–water partition coefficient (Wildman–Crippen LogP) is 3.80. The summed E-state index contributed by atoms with van der Waals surface area (Å²) in [7, 11) is 0. The fourth-order valence-corrected chi connectivity index (χ4v) is 1.99. The zero-order valence-electron chi connectivity index (χ0n) is 8.38. The summed E-state index contributed by atoms with van der Waals surface area (Å²) in [5.74, 6) is 0. The molecule has 0 fully saturated rings. The zero-order chi connectivity index (χ0) is 11.7. The van der Waals surface area contributed by atoms with Crippen LogP contribution in [-0.4, -0.2) is 0 Å². The molecule has 0 aliphatic carbocycles. The molecule has 0 radical (unpaired) electrons. The maximum Gasteiger partial charge on any atom is 0.0450 e. The lowest BCUT2D eigenvalue weighted by atomic mass is 10.1. The van der Waals surface area contributed by atoms with E-state index in [1.807, 2.05) is 36.4 Å². The van der Waals surface area contributed by atoms with Crippen LogP contribution < -0.4 is 5.73 Å². The Morgan fingerprint density at radius 1 is 0.688 bits per heavy atom. The van der Waals surface area contributed by atoms with E-state index in [9.17, 15) is 0 Å². The van der Waals surface area contributed by atoms with Crippen molar-refractivity contribution in [2.75, 3.05) is 5.73 Å². The van der Waals surface area contributed by atoms with Gasteiger partial charge in [-0.05, 0) is 35.4 Å². The number of nitrogens with two attached hydrogens (primary N) is 1. The lowest BCUT2D eigenvalue weighted by Gasteiger charge is -2.06. The highest BCUT2D eigenvalue weighted by Crippen LogP contribution is 2.29. The van der Waals surface area contributed by atoms with Crippen molar-refractivity contribution >= 4 is 43.6 Å². The SMILES string of the molecule is Nc1ccc(-c2ccc(S)c(S)c2)cc1S. The lowest BCUT2D eigenvalue weighted by molar-refractivity contribution is 1.27. The Bertz CT molecular complexity index is 488. The van der Waals surface area contributed by atoms with Crippen molar-refractivity contribution in [1.29, 1.82) is 0 Å². The molecule has 0 atom stereocenters. The Morgan fingerprint density at radius 2 is 1.25 bits per heavy atom. The first-order chi connectivity index (χ1) is 7.58. The van der Waals surface area contributed by atoms with E-state index >= 15 is 0 Å². The molecule has 0 aliphatic rings. The molecule has 4 heteroatoms. The van der Waals surface area contributed by atoms with Gasteiger partial charge >= 0.3 is 0 Å². The third-order valence-corrected chi connectivity index (χ3v) is 3.66. The van der Waals surface area contributed by atoms with E-state index < -0.39 is 0 Å². The van der Waals surface area contributed by atoms with Crippen molar-refractivity contribution in [1.82, 2.24) is 0 Å². The molecule has 2 aromatic rings. The van der Waals surface area contributed by atoms with Crippen LogP contribution in [-0.2, 0) is 0 Å². The Kier molecular flexibility index (Phi) is 3.42. The largest absolute Gasteiger partial charge is 0.398 e. The Morgan fingerprint density at radius 3 is 1.81 bits per heavy atom. The van der Waals surface area contributed by atoms with E-state index in [2.05, 4.69) is 37.9 Å². The maximum absolute atomic E-state index is 5.72.